The number of rotatable bonds is 3. The third-order valence-corrected chi connectivity index (χ3v) is 4.17. The van der Waals surface area contributed by atoms with Crippen LogP contribution in [-0.4, -0.2) is 15.3 Å². The maximum atomic E-state index is 12.1. The molecule has 106 valence electrons. The molecule has 1 fully saturated rings. The Morgan fingerprint density at radius 3 is 2.90 bits per heavy atom. The van der Waals surface area contributed by atoms with Crippen LogP contribution in [0.4, 0.5) is 0 Å². The van der Waals surface area contributed by atoms with Crippen LogP contribution in [-0.2, 0) is 11.3 Å². The Balaban J connectivity index is 1.64. The molecule has 2 heterocycles. The lowest BCUT2D eigenvalue weighted by Gasteiger charge is -2.20. The average molecular weight is 271 g/mol. The molecule has 4 heteroatoms. The molecule has 0 saturated heterocycles. The van der Waals surface area contributed by atoms with Gasteiger partial charge in [0, 0.05) is 17.8 Å². The summed E-state index contributed by atoms with van der Waals surface area (Å²) >= 11 is 0. The predicted molar refractivity (Wildman–Crippen MR) is 78.4 cm³/mol. The van der Waals surface area contributed by atoms with Crippen molar-refractivity contribution in [2.24, 2.45) is 5.92 Å². The fraction of sp³-hybridized carbons (Fsp3) is 0.500. The van der Waals surface area contributed by atoms with Crippen LogP contribution < -0.4 is 5.32 Å². The van der Waals surface area contributed by atoms with E-state index in [0.717, 1.165) is 29.9 Å². The number of fused-ring (bicyclic) bond motifs is 1. The second-order valence-corrected chi connectivity index (χ2v) is 5.68. The van der Waals surface area contributed by atoms with Crippen molar-refractivity contribution >= 4 is 11.6 Å². The quantitative estimate of drug-likeness (QED) is 0.933. The maximum Gasteiger partial charge on any atom is 0.223 e. The molecule has 1 amide bonds. The highest BCUT2D eigenvalue weighted by atomic mass is 16.1. The van der Waals surface area contributed by atoms with Crippen LogP contribution in [0.1, 0.15) is 43.5 Å². The van der Waals surface area contributed by atoms with E-state index in [-0.39, 0.29) is 11.8 Å². The lowest BCUT2D eigenvalue weighted by atomic mass is 9.89. The zero-order valence-corrected chi connectivity index (χ0v) is 11.9. The number of amides is 1. The zero-order valence-electron chi connectivity index (χ0n) is 11.9. The monoisotopic (exact) mass is 271 g/mol. The molecular formula is C16H21N3O. The van der Waals surface area contributed by atoms with Gasteiger partial charge in [0.15, 0.2) is 0 Å². The van der Waals surface area contributed by atoms with Gasteiger partial charge in [0.2, 0.25) is 5.91 Å². The van der Waals surface area contributed by atoms with Gasteiger partial charge >= 0.3 is 0 Å². The van der Waals surface area contributed by atoms with Gasteiger partial charge in [0.25, 0.3) is 0 Å². The third kappa shape index (κ3) is 2.69. The molecular weight excluding hydrogens is 250 g/mol. The molecule has 1 aliphatic carbocycles. The van der Waals surface area contributed by atoms with Gasteiger partial charge in [-0.25, -0.2) is 4.98 Å². The van der Waals surface area contributed by atoms with Crippen LogP contribution in [0.3, 0.4) is 0 Å². The van der Waals surface area contributed by atoms with Crippen LogP contribution in [0.15, 0.2) is 24.4 Å². The van der Waals surface area contributed by atoms with Crippen molar-refractivity contribution in [2.45, 2.75) is 45.6 Å². The summed E-state index contributed by atoms with van der Waals surface area (Å²) in [7, 11) is 0. The normalized spacial score (nSPS) is 16.4. The SMILES string of the molecule is Cc1cccc2nc(CNC(=O)C3CCCCC3)cn12. The molecule has 0 spiro atoms. The van der Waals surface area contributed by atoms with Gasteiger partial charge in [0.1, 0.15) is 5.65 Å². The molecule has 1 saturated carbocycles. The Morgan fingerprint density at radius 2 is 2.15 bits per heavy atom. The zero-order chi connectivity index (χ0) is 13.9. The second-order valence-electron chi connectivity index (χ2n) is 5.68. The number of aromatic nitrogens is 2. The Bertz CT molecular complexity index is 611. The second kappa shape index (κ2) is 5.65. The number of hydrogen-bond acceptors (Lipinski definition) is 2. The molecule has 0 radical (unpaired) electrons. The number of hydrogen-bond donors (Lipinski definition) is 1. The summed E-state index contributed by atoms with van der Waals surface area (Å²) in [5.41, 5.74) is 3.01. The molecule has 0 aromatic carbocycles. The lowest BCUT2D eigenvalue weighted by Crippen LogP contribution is -2.31. The van der Waals surface area contributed by atoms with Gasteiger partial charge in [-0.3, -0.25) is 4.79 Å². The Hall–Kier alpha value is -1.84. The van der Waals surface area contributed by atoms with Gasteiger partial charge in [-0.1, -0.05) is 25.3 Å². The van der Waals surface area contributed by atoms with Crippen LogP contribution >= 0.6 is 0 Å². The molecule has 0 unspecified atom stereocenters. The highest BCUT2D eigenvalue weighted by molar-refractivity contribution is 5.78. The van der Waals surface area contributed by atoms with Crippen LogP contribution in [0.25, 0.3) is 5.65 Å². The molecule has 0 aliphatic heterocycles. The van der Waals surface area contributed by atoms with E-state index in [0.29, 0.717) is 6.54 Å². The fourth-order valence-electron chi connectivity index (χ4n) is 2.97. The van der Waals surface area contributed by atoms with E-state index in [4.69, 9.17) is 0 Å². The summed E-state index contributed by atoms with van der Waals surface area (Å²) < 4.78 is 2.06. The highest BCUT2D eigenvalue weighted by Gasteiger charge is 2.20. The number of aryl methyl sites for hydroxylation is 1. The Kier molecular flexibility index (Phi) is 3.72. The molecule has 1 N–H and O–H groups in total. The summed E-state index contributed by atoms with van der Waals surface area (Å²) in [4.78, 5) is 16.6. The van der Waals surface area contributed by atoms with Gasteiger partial charge < -0.3 is 9.72 Å². The van der Waals surface area contributed by atoms with Gasteiger partial charge in [-0.2, -0.15) is 0 Å². The van der Waals surface area contributed by atoms with Crippen LogP contribution in [0.2, 0.25) is 0 Å². The molecule has 1 aliphatic rings. The van der Waals surface area contributed by atoms with E-state index in [9.17, 15) is 4.79 Å². The van der Waals surface area contributed by atoms with Crippen molar-refractivity contribution in [3.63, 3.8) is 0 Å². The molecule has 3 rings (SSSR count). The molecule has 2 aromatic heterocycles. The first-order valence-corrected chi connectivity index (χ1v) is 7.45. The summed E-state index contributed by atoms with van der Waals surface area (Å²) in [5.74, 6) is 0.404. The maximum absolute atomic E-state index is 12.1. The number of pyridine rings is 1. The number of nitrogens with zero attached hydrogens (tertiary/aromatic N) is 2. The first-order chi connectivity index (χ1) is 9.74. The van der Waals surface area contributed by atoms with E-state index in [1.165, 1.54) is 19.3 Å². The summed E-state index contributed by atoms with van der Waals surface area (Å²) in [5, 5.41) is 3.03. The summed E-state index contributed by atoms with van der Waals surface area (Å²) in [6, 6.07) is 6.04. The van der Waals surface area contributed by atoms with E-state index < -0.39 is 0 Å². The van der Waals surface area contributed by atoms with E-state index in [1.807, 2.05) is 18.3 Å². The van der Waals surface area contributed by atoms with Crippen molar-refractivity contribution in [1.29, 1.82) is 0 Å². The number of carbonyl (C=O) groups excluding carboxylic acids is 1. The van der Waals surface area contributed by atoms with Gasteiger partial charge in [-0.05, 0) is 31.9 Å². The van der Waals surface area contributed by atoms with Crippen LogP contribution in [0, 0.1) is 12.8 Å². The predicted octanol–water partition coefficient (Wildman–Crippen LogP) is 2.84. The number of carbonyl (C=O) groups is 1. The van der Waals surface area contributed by atoms with E-state index >= 15 is 0 Å². The molecule has 20 heavy (non-hydrogen) atoms. The standard InChI is InChI=1S/C16H21N3O/c1-12-6-5-9-15-18-14(11-19(12)15)10-17-16(20)13-7-3-2-4-8-13/h5-6,9,11,13H,2-4,7-8,10H2,1H3,(H,17,20). The smallest absolute Gasteiger partial charge is 0.223 e. The van der Waals surface area contributed by atoms with Gasteiger partial charge in [-0.15, -0.1) is 0 Å². The lowest BCUT2D eigenvalue weighted by molar-refractivity contribution is -0.126. The highest BCUT2D eigenvalue weighted by Crippen LogP contribution is 2.23. The van der Waals surface area contributed by atoms with Crippen LogP contribution in [0.5, 0.6) is 0 Å². The summed E-state index contributed by atoms with van der Waals surface area (Å²) in [6.45, 7) is 2.58. The van der Waals surface area contributed by atoms with Crippen molar-refractivity contribution < 1.29 is 4.79 Å². The van der Waals surface area contributed by atoms with Crippen molar-refractivity contribution in [1.82, 2.24) is 14.7 Å². The van der Waals surface area contributed by atoms with E-state index in [2.05, 4.69) is 27.7 Å². The van der Waals surface area contributed by atoms with Gasteiger partial charge in [0.05, 0.1) is 12.2 Å². The minimum absolute atomic E-state index is 0.193. The first-order valence-electron chi connectivity index (χ1n) is 7.45. The van der Waals surface area contributed by atoms with Crippen molar-refractivity contribution in [3.05, 3.63) is 35.8 Å². The molecule has 0 bridgehead atoms. The molecule has 2 aromatic rings. The van der Waals surface area contributed by atoms with Crippen molar-refractivity contribution in [3.8, 4) is 0 Å². The summed E-state index contributed by atoms with van der Waals surface area (Å²) in [6.07, 6.45) is 7.73. The Labute approximate surface area is 119 Å². The topological polar surface area (TPSA) is 46.4 Å². The minimum atomic E-state index is 0.193. The minimum Gasteiger partial charge on any atom is -0.350 e. The average Bonchev–Trinajstić information content (AvgIpc) is 2.90. The number of nitrogens with one attached hydrogen (secondary N) is 1. The van der Waals surface area contributed by atoms with Crippen molar-refractivity contribution in [2.75, 3.05) is 0 Å². The fourth-order valence-corrected chi connectivity index (χ4v) is 2.97. The third-order valence-electron chi connectivity index (χ3n) is 4.17. The first kappa shape index (κ1) is 13.2. The number of imidazole rings is 1. The molecule has 0 atom stereocenters. The Morgan fingerprint density at radius 1 is 1.35 bits per heavy atom. The molecule has 4 nitrogen and oxygen atoms in total. The largest absolute Gasteiger partial charge is 0.350 e. The van der Waals surface area contributed by atoms with E-state index in [1.54, 1.807) is 0 Å².